The van der Waals surface area contributed by atoms with Gasteiger partial charge in [-0.05, 0) is 19.9 Å². The number of anilines is 1. The molecular formula is C12H18ClN3O. The second kappa shape index (κ2) is 5.21. The van der Waals surface area contributed by atoms with E-state index in [1.54, 1.807) is 19.2 Å². The molecule has 1 fully saturated rings. The monoisotopic (exact) mass is 255 g/mol. The molecule has 94 valence electrons. The first-order valence-corrected chi connectivity index (χ1v) is 6.27. The molecule has 1 saturated heterocycles. The summed E-state index contributed by atoms with van der Waals surface area (Å²) in [5.41, 5.74) is 0.752. The SMILES string of the molecule is C[C@@H]1CN(c2ncc([C@H](C)O)cc2Cl)CCN1. The van der Waals surface area contributed by atoms with Crippen molar-refractivity contribution >= 4 is 17.4 Å². The van der Waals surface area contributed by atoms with Crippen LogP contribution in [-0.2, 0) is 0 Å². The topological polar surface area (TPSA) is 48.4 Å². The first-order valence-electron chi connectivity index (χ1n) is 5.89. The van der Waals surface area contributed by atoms with E-state index in [9.17, 15) is 5.11 Å². The molecule has 17 heavy (non-hydrogen) atoms. The normalized spacial score (nSPS) is 22.6. The fourth-order valence-electron chi connectivity index (χ4n) is 2.03. The number of rotatable bonds is 2. The van der Waals surface area contributed by atoms with Crippen LogP contribution in [0.25, 0.3) is 0 Å². The van der Waals surface area contributed by atoms with Crippen LogP contribution in [-0.4, -0.2) is 35.8 Å². The maximum Gasteiger partial charge on any atom is 0.147 e. The third kappa shape index (κ3) is 2.89. The molecule has 2 N–H and O–H groups in total. The van der Waals surface area contributed by atoms with Crippen molar-refractivity contribution in [2.24, 2.45) is 0 Å². The molecule has 0 amide bonds. The maximum atomic E-state index is 9.47. The van der Waals surface area contributed by atoms with E-state index in [2.05, 4.69) is 22.1 Å². The first kappa shape index (κ1) is 12.6. The van der Waals surface area contributed by atoms with Gasteiger partial charge in [-0.25, -0.2) is 4.98 Å². The molecule has 1 aromatic heterocycles. The fraction of sp³-hybridized carbons (Fsp3) is 0.583. The maximum absolute atomic E-state index is 9.47. The molecule has 0 aromatic carbocycles. The summed E-state index contributed by atoms with van der Waals surface area (Å²) >= 11 is 6.22. The highest BCUT2D eigenvalue weighted by Crippen LogP contribution is 2.26. The summed E-state index contributed by atoms with van der Waals surface area (Å²) in [5, 5.41) is 13.5. The molecule has 0 unspecified atom stereocenters. The van der Waals surface area contributed by atoms with E-state index in [4.69, 9.17) is 11.6 Å². The van der Waals surface area contributed by atoms with Crippen LogP contribution >= 0.6 is 11.6 Å². The number of nitrogens with zero attached hydrogens (tertiary/aromatic N) is 2. The summed E-state index contributed by atoms with van der Waals surface area (Å²) in [6.45, 7) is 6.60. The Hall–Kier alpha value is -0.840. The predicted molar refractivity (Wildman–Crippen MR) is 69.6 cm³/mol. The number of hydrogen-bond acceptors (Lipinski definition) is 4. The van der Waals surface area contributed by atoms with Crippen LogP contribution in [0.5, 0.6) is 0 Å². The summed E-state index contributed by atoms with van der Waals surface area (Å²) in [4.78, 5) is 6.54. The van der Waals surface area contributed by atoms with Crippen molar-refractivity contribution in [2.75, 3.05) is 24.5 Å². The number of hydrogen-bond donors (Lipinski definition) is 2. The molecule has 0 saturated carbocycles. The zero-order chi connectivity index (χ0) is 12.4. The van der Waals surface area contributed by atoms with E-state index in [0.29, 0.717) is 11.1 Å². The van der Waals surface area contributed by atoms with Gasteiger partial charge in [0.1, 0.15) is 5.82 Å². The average Bonchev–Trinajstić information content (AvgIpc) is 2.28. The molecule has 2 rings (SSSR count). The van der Waals surface area contributed by atoms with E-state index in [-0.39, 0.29) is 0 Å². The van der Waals surface area contributed by atoms with Crippen molar-refractivity contribution in [1.82, 2.24) is 10.3 Å². The van der Waals surface area contributed by atoms with Gasteiger partial charge >= 0.3 is 0 Å². The van der Waals surface area contributed by atoms with Gasteiger partial charge in [0.15, 0.2) is 0 Å². The standard InChI is InChI=1S/C12H18ClN3O/c1-8-7-16(4-3-14-8)12-11(13)5-10(6-15-12)9(2)17/h5-6,8-9,14,17H,3-4,7H2,1-2H3/t8-,9+/m1/s1. The predicted octanol–water partition coefficient (Wildman–Crippen LogP) is 1.59. The molecular weight excluding hydrogens is 238 g/mol. The molecule has 4 nitrogen and oxygen atoms in total. The largest absolute Gasteiger partial charge is 0.389 e. The Morgan fingerprint density at radius 3 is 3.00 bits per heavy atom. The Morgan fingerprint density at radius 1 is 1.65 bits per heavy atom. The Kier molecular flexibility index (Phi) is 3.86. The Bertz CT molecular complexity index is 397. The van der Waals surface area contributed by atoms with E-state index in [0.717, 1.165) is 31.0 Å². The zero-order valence-electron chi connectivity index (χ0n) is 10.2. The van der Waals surface area contributed by atoms with Crippen LogP contribution in [0.1, 0.15) is 25.5 Å². The molecule has 0 spiro atoms. The minimum atomic E-state index is -0.531. The first-order chi connectivity index (χ1) is 8.08. The number of nitrogens with one attached hydrogen (secondary N) is 1. The highest BCUT2D eigenvalue weighted by Gasteiger charge is 2.19. The zero-order valence-corrected chi connectivity index (χ0v) is 10.9. The van der Waals surface area contributed by atoms with Crippen LogP contribution in [0.2, 0.25) is 5.02 Å². The molecule has 1 aliphatic rings. The molecule has 2 heterocycles. The summed E-state index contributed by atoms with van der Waals surface area (Å²) in [7, 11) is 0. The molecule has 0 radical (unpaired) electrons. The molecule has 1 aromatic rings. The molecule has 0 bridgehead atoms. The molecule has 2 atom stereocenters. The van der Waals surface area contributed by atoms with Crippen LogP contribution < -0.4 is 10.2 Å². The quantitative estimate of drug-likeness (QED) is 0.843. The van der Waals surface area contributed by atoms with Crippen molar-refractivity contribution < 1.29 is 5.11 Å². The highest BCUT2D eigenvalue weighted by molar-refractivity contribution is 6.33. The Balaban J connectivity index is 2.21. The summed E-state index contributed by atoms with van der Waals surface area (Å²) in [5.74, 6) is 0.810. The van der Waals surface area contributed by atoms with E-state index in [1.165, 1.54) is 0 Å². The van der Waals surface area contributed by atoms with Crippen LogP contribution in [0.15, 0.2) is 12.3 Å². The second-order valence-electron chi connectivity index (χ2n) is 4.55. The second-order valence-corrected chi connectivity index (χ2v) is 4.96. The van der Waals surface area contributed by atoms with E-state index in [1.807, 2.05) is 0 Å². The van der Waals surface area contributed by atoms with Gasteiger partial charge in [0.05, 0.1) is 11.1 Å². The van der Waals surface area contributed by atoms with Gasteiger partial charge < -0.3 is 15.3 Å². The van der Waals surface area contributed by atoms with Crippen molar-refractivity contribution in [1.29, 1.82) is 0 Å². The Morgan fingerprint density at radius 2 is 2.41 bits per heavy atom. The van der Waals surface area contributed by atoms with E-state index >= 15 is 0 Å². The lowest BCUT2D eigenvalue weighted by molar-refractivity contribution is 0.199. The smallest absolute Gasteiger partial charge is 0.147 e. The van der Waals surface area contributed by atoms with E-state index < -0.39 is 6.10 Å². The third-order valence-electron chi connectivity index (χ3n) is 2.99. The lowest BCUT2D eigenvalue weighted by Gasteiger charge is -2.33. The van der Waals surface area contributed by atoms with Gasteiger partial charge in [-0.3, -0.25) is 0 Å². The number of piperazine rings is 1. The van der Waals surface area contributed by atoms with Crippen molar-refractivity contribution in [3.8, 4) is 0 Å². The van der Waals surface area contributed by atoms with Gasteiger partial charge in [-0.2, -0.15) is 0 Å². The number of aliphatic hydroxyl groups excluding tert-OH is 1. The van der Waals surface area contributed by atoms with Crippen molar-refractivity contribution in [2.45, 2.75) is 26.0 Å². The van der Waals surface area contributed by atoms with Crippen LogP contribution in [0.3, 0.4) is 0 Å². The summed E-state index contributed by atoms with van der Waals surface area (Å²) in [6.07, 6.45) is 1.16. The van der Waals surface area contributed by atoms with Crippen LogP contribution in [0.4, 0.5) is 5.82 Å². The minimum absolute atomic E-state index is 0.443. The number of aliphatic hydroxyl groups is 1. The number of aromatic nitrogens is 1. The Labute approximate surface area is 107 Å². The average molecular weight is 256 g/mol. The van der Waals surface area contributed by atoms with Crippen molar-refractivity contribution in [3.05, 3.63) is 22.8 Å². The summed E-state index contributed by atoms with van der Waals surface area (Å²) < 4.78 is 0. The lowest BCUT2D eigenvalue weighted by Crippen LogP contribution is -2.49. The lowest BCUT2D eigenvalue weighted by atomic mass is 10.2. The molecule has 5 heteroatoms. The minimum Gasteiger partial charge on any atom is -0.389 e. The van der Waals surface area contributed by atoms with Gasteiger partial charge in [-0.1, -0.05) is 11.6 Å². The third-order valence-corrected chi connectivity index (χ3v) is 3.27. The van der Waals surface area contributed by atoms with Gasteiger partial charge in [0.25, 0.3) is 0 Å². The fourth-order valence-corrected chi connectivity index (χ4v) is 2.33. The number of halogens is 1. The number of pyridine rings is 1. The van der Waals surface area contributed by atoms with Gasteiger partial charge in [0, 0.05) is 37.4 Å². The van der Waals surface area contributed by atoms with Gasteiger partial charge in [-0.15, -0.1) is 0 Å². The van der Waals surface area contributed by atoms with Crippen molar-refractivity contribution in [3.63, 3.8) is 0 Å². The van der Waals surface area contributed by atoms with Crippen LogP contribution in [0, 0.1) is 0 Å². The molecule has 1 aliphatic heterocycles. The van der Waals surface area contributed by atoms with Gasteiger partial charge in [0.2, 0.25) is 0 Å². The summed E-state index contributed by atoms with van der Waals surface area (Å²) in [6, 6.07) is 2.24. The highest BCUT2D eigenvalue weighted by atomic mass is 35.5. The molecule has 0 aliphatic carbocycles.